The number of hydrogen-bond acceptors (Lipinski definition) is 5. The van der Waals surface area contributed by atoms with Crippen molar-refractivity contribution >= 4 is 23.0 Å². The Kier molecular flexibility index (Phi) is 4.58. The third kappa shape index (κ3) is 3.22. The molecular weight excluding hydrogens is 364 g/mol. The number of Topliss-reactive ketones (excluding diaryl/α,β-unsaturated/α-hetero) is 1. The van der Waals surface area contributed by atoms with Crippen molar-refractivity contribution in [1.29, 1.82) is 0 Å². The van der Waals surface area contributed by atoms with Crippen LogP contribution in [0.3, 0.4) is 0 Å². The van der Waals surface area contributed by atoms with Crippen molar-refractivity contribution in [2.24, 2.45) is 0 Å². The van der Waals surface area contributed by atoms with E-state index >= 15 is 0 Å². The summed E-state index contributed by atoms with van der Waals surface area (Å²) in [5.74, 6) is -2.62. The van der Waals surface area contributed by atoms with Crippen LogP contribution in [0.4, 0.5) is 8.78 Å². The van der Waals surface area contributed by atoms with Crippen LogP contribution in [-0.2, 0) is 0 Å². The lowest BCUT2D eigenvalue weighted by Gasteiger charge is -2.40. The summed E-state index contributed by atoms with van der Waals surface area (Å²) in [6.45, 7) is 4.72. The first-order valence-electron chi connectivity index (χ1n) is 7.88. The van der Waals surface area contributed by atoms with Crippen LogP contribution in [0.25, 0.3) is 0 Å². The van der Waals surface area contributed by atoms with Gasteiger partial charge in [0.15, 0.2) is 17.4 Å². The summed E-state index contributed by atoms with van der Waals surface area (Å²) < 4.78 is 32.2. The molecule has 0 fully saturated rings. The lowest BCUT2D eigenvalue weighted by Crippen LogP contribution is -2.53. The lowest BCUT2D eigenvalue weighted by molar-refractivity contribution is -0.0612. The number of ketones is 1. The summed E-state index contributed by atoms with van der Waals surface area (Å²) in [7, 11) is 0. The third-order valence-corrected chi connectivity index (χ3v) is 5.52. The predicted molar refractivity (Wildman–Crippen MR) is 91.6 cm³/mol. The van der Waals surface area contributed by atoms with E-state index in [1.165, 1.54) is 6.92 Å². The first-order chi connectivity index (χ1) is 12.1. The molecule has 1 aromatic carbocycles. The van der Waals surface area contributed by atoms with E-state index in [1.54, 1.807) is 19.9 Å². The number of ether oxygens (including phenoxy) is 1. The number of carbonyl (C=O) groups excluding carboxylic acids is 2. The summed E-state index contributed by atoms with van der Waals surface area (Å²) in [6, 6.07) is 3.53. The number of fused-ring (bicyclic) bond motifs is 1. The molecule has 3 rings (SSSR count). The molecule has 8 heteroatoms. The van der Waals surface area contributed by atoms with Crippen LogP contribution in [0.15, 0.2) is 24.3 Å². The zero-order valence-electron chi connectivity index (χ0n) is 14.3. The van der Waals surface area contributed by atoms with E-state index in [0.717, 1.165) is 29.5 Å². The number of aliphatic hydroxyl groups excluding tert-OH is 1. The molecule has 2 atom stereocenters. The van der Waals surface area contributed by atoms with E-state index in [0.29, 0.717) is 15.5 Å². The summed E-state index contributed by atoms with van der Waals surface area (Å²) in [5, 5.41) is 13.3. The highest BCUT2D eigenvalue weighted by Crippen LogP contribution is 2.44. The summed E-state index contributed by atoms with van der Waals surface area (Å²) in [5.41, 5.74) is -1.10. The maximum absolute atomic E-state index is 13.4. The molecule has 1 aliphatic rings. The molecule has 0 unspecified atom stereocenters. The summed E-state index contributed by atoms with van der Waals surface area (Å²) in [4.78, 5) is 25.1. The van der Waals surface area contributed by atoms with Gasteiger partial charge in [-0.1, -0.05) is 0 Å². The van der Waals surface area contributed by atoms with Gasteiger partial charge in [0, 0.05) is 11.6 Å². The number of benzene rings is 1. The van der Waals surface area contributed by atoms with Gasteiger partial charge in [-0.2, -0.15) is 0 Å². The Morgan fingerprint density at radius 1 is 1.23 bits per heavy atom. The minimum absolute atomic E-state index is 0.0784. The second-order valence-corrected chi connectivity index (χ2v) is 7.71. The van der Waals surface area contributed by atoms with E-state index in [9.17, 15) is 23.5 Å². The van der Waals surface area contributed by atoms with E-state index in [-0.39, 0.29) is 11.3 Å². The fourth-order valence-corrected chi connectivity index (χ4v) is 3.82. The average Bonchev–Trinajstić information content (AvgIpc) is 2.97. The second-order valence-electron chi connectivity index (χ2n) is 6.63. The average molecular weight is 381 g/mol. The van der Waals surface area contributed by atoms with Gasteiger partial charge >= 0.3 is 0 Å². The molecule has 1 aliphatic heterocycles. The molecule has 0 saturated carbocycles. The second kappa shape index (κ2) is 6.44. The van der Waals surface area contributed by atoms with E-state index in [1.807, 2.05) is 0 Å². The topological polar surface area (TPSA) is 75.6 Å². The number of rotatable bonds is 3. The molecule has 2 N–H and O–H groups in total. The van der Waals surface area contributed by atoms with E-state index < -0.39 is 35.3 Å². The normalized spacial score (nSPS) is 20.8. The molecule has 0 bridgehead atoms. The molecule has 5 nitrogen and oxygen atoms in total. The molecule has 0 saturated heterocycles. The van der Waals surface area contributed by atoms with Gasteiger partial charge in [-0.25, -0.2) is 8.78 Å². The minimum Gasteiger partial charge on any atom is -0.484 e. The van der Waals surface area contributed by atoms with Crippen LogP contribution in [0.1, 0.15) is 51.7 Å². The molecule has 2 heterocycles. The number of nitrogens with one attached hydrogen (secondary N) is 1. The number of halogens is 2. The molecule has 26 heavy (non-hydrogen) atoms. The molecule has 0 spiro atoms. The summed E-state index contributed by atoms with van der Waals surface area (Å²) in [6.07, 6.45) is -1.11. The van der Waals surface area contributed by atoms with Gasteiger partial charge < -0.3 is 15.2 Å². The SMILES string of the molecule is CC(=O)c1cc2c(s1)[C@@H](NC(=O)c1ccc(F)c(F)c1)[C@H](O)C(C)(C)O2. The highest BCUT2D eigenvalue weighted by molar-refractivity contribution is 7.14. The highest BCUT2D eigenvalue weighted by atomic mass is 32.1. The van der Waals surface area contributed by atoms with Crippen molar-refractivity contribution in [3.05, 3.63) is 51.2 Å². The fraction of sp³-hybridized carbons (Fsp3) is 0.333. The van der Waals surface area contributed by atoms with Crippen LogP contribution in [-0.4, -0.2) is 28.5 Å². The molecular formula is C18H17F2NO4S. The Morgan fingerprint density at radius 3 is 2.54 bits per heavy atom. The number of carbonyl (C=O) groups is 2. The Bertz CT molecular complexity index is 893. The molecule has 0 aliphatic carbocycles. The Balaban J connectivity index is 1.96. The van der Waals surface area contributed by atoms with Crippen molar-refractivity contribution < 1.29 is 28.2 Å². The van der Waals surface area contributed by atoms with Crippen LogP contribution >= 0.6 is 11.3 Å². The Hall–Kier alpha value is -2.32. The largest absolute Gasteiger partial charge is 0.484 e. The maximum Gasteiger partial charge on any atom is 0.251 e. The van der Waals surface area contributed by atoms with Crippen LogP contribution < -0.4 is 10.1 Å². The third-order valence-electron chi connectivity index (χ3n) is 4.22. The maximum atomic E-state index is 13.4. The minimum atomic E-state index is -1.14. The fourth-order valence-electron chi connectivity index (χ4n) is 2.75. The van der Waals surface area contributed by atoms with E-state index in [2.05, 4.69) is 5.32 Å². The first kappa shape index (κ1) is 18.5. The van der Waals surface area contributed by atoms with E-state index in [4.69, 9.17) is 4.74 Å². The zero-order chi connectivity index (χ0) is 19.2. The van der Waals surface area contributed by atoms with Gasteiger partial charge in [-0.3, -0.25) is 9.59 Å². The van der Waals surface area contributed by atoms with Crippen LogP contribution in [0.2, 0.25) is 0 Å². The molecule has 2 aromatic rings. The number of hydrogen-bond donors (Lipinski definition) is 2. The highest BCUT2D eigenvalue weighted by Gasteiger charge is 2.45. The van der Waals surface area contributed by atoms with Crippen molar-refractivity contribution in [3.8, 4) is 5.75 Å². The Morgan fingerprint density at radius 2 is 1.92 bits per heavy atom. The zero-order valence-corrected chi connectivity index (χ0v) is 15.1. The number of thiophene rings is 1. The van der Waals surface area contributed by atoms with Gasteiger partial charge in [0.2, 0.25) is 0 Å². The van der Waals surface area contributed by atoms with Crippen LogP contribution in [0, 0.1) is 11.6 Å². The number of amides is 1. The first-order valence-corrected chi connectivity index (χ1v) is 8.69. The monoisotopic (exact) mass is 381 g/mol. The molecule has 0 radical (unpaired) electrons. The van der Waals surface area contributed by atoms with Crippen molar-refractivity contribution in [2.45, 2.75) is 38.5 Å². The standard InChI is InChI=1S/C18H17F2NO4S/c1-8(22)13-7-12-15(26-13)14(16(23)18(2,3)25-12)21-17(24)9-4-5-10(19)11(20)6-9/h4-7,14,16,23H,1-3H3,(H,21,24)/t14-,16+/m1/s1. The summed E-state index contributed by atoms with van der Waals surface area (Å²) >= 11 is 1.12. The van der Waals surface area contributed by atoms with Crippen LogP contribution in [0.5, 0.6) is 5.75 Å². The number of aliphatic hydroxyl groups is 1. The van der Waals surface area contributed by atoms with Crippen molar-refractivity contribution in [2.75, 3.05) is 0 Å². The molecule has 138 valence electrons. The van der Waals surface area contributed by atoms with Gasteiger partial charge in [0.1, 0.15) is 17.5 Å². The molecule has 1 amide bonds. The quantitative estimate of drug-likeness (QED) is 0.801. The van der Waals surface area contributed by atoms with Gasteiger partial charge in [-0.15, -0.1) is 11.3 Å². The molecule has 1 aromatic heterocycles. The van der Waals surface area contributed by atoms with Crippen molar-refractivity contribution in [3.63, 3.8) is 0 Å². The Labute approximate surface area is 152 Å². The van der Waals surface area contributed by atoms with Crippen molar-refractivity contribution in [1.82, 2.24) is 5.32 Å². The lowest BCUT2D eigenvalue weighted by atomic mass is 9.90. The smallest absolute Gasteiger partial charge is 0.251 e. The van der Waals surface area contributed by atoms with Gasteiger partial charge in [-0.05, 0) is 39.0 Å². The van der Waals surface area contributed by atoms with Gasteiger partial charge in [0.05, 0.1) is 15.8 Å². The van der Waals surface area contributed by atoms with Gasteiger partial charge in [0.25, 0.3) is 5.91 Å². The predicted octanol–water partition coefficient (Wildman–Crippen LogP) is 3.23.